The van der Waals surface area contributed by atoms with Crippen molar-refractivity contribution in [3.8, 4) is 11.5 Å². The normalized spacial score (nSPS) is 19.9. The monoisotopic (exact) mass is 538 g/mol. The van der Waals surface area contributed by atoms with E-state index in [2.05, 4.69) is 25.0 Å². The Labute approximate surface area is 223 Å². The van der Waals surface area contributed by atoms with Crippen LogP contribution in [-0.2, 0) is 21.5 Å². The average Bonchev–Trinajstić information content (AvgIpc) is 3.41. The van der Waals surface area contributed by atoms with Crippen LogP contribution < -0.4 is 4.90 Å². The number of amides is 2. The van der Waals surface area contributed by atoms with Crippen molar-refractivity contribution in [2.75, 3.05) is 44.3 Å². The van der Waals surface area contributed by atoms with Crippen molar-refractivity contribution in [1.82, 2.24) is 25.0 Å². The van der Waals surface area contributed by atoms with Crippen molar-refractivity contribution in [2.45, 2.75) is 38.3 Å². The van der Waals surface area contributed by atoms with Crippen LogP contribution in [0.2, 0.25) is 0 Å². The number of rotatable bonds is 6. The number of piperazine rings is 1. The highest BCUT2D eigenvalue weighted by Gasteiger charge is 2.45. The molecule has 3 aliphatic heterocycles. The van der Waals surface area contributed by atoms with Crippen molar-refractivity contribution in [3.05, 3.63) is 59.2 Å². The van der Waals surface area contributed by atoms with Gasteiger partial charge in [-0.15, -0.1) is 10.2 Å². The molecule has 3 aliphatic rings. The summed E-state index contributed by atoms with van der Waals surface area (Å²) in [7, 11) is 0. The van der Waals surface area contributed by atoms with Crippen LogP contribution in [0.1, 0.15) is 47.8 Å². The van der Waals surface area contributed by atoms with E-state index in [0.29, 0.717) is 22.9 Å². The molecule has 0 spiro atoms. The molecule has 0 radical (unpaired) electrons. The summed E-state index contributed by atoms with van der Waals surface area (Å²) >= 11 is 0. The summed E-state index contributed by atoms with van der Waals surface area (Å²) in [5.41, 5.74) is 2.12. The Balaban J connectivity index is 1.19. The number of ether oxygens (including phenoxy) is 1. The van der Waals surface area contributed by atoms with Gasteiger partial charge in [-0.05, 0) is 49.7 Å². The van der Waals surface area contributed by atoms with Crippen molar-refractivity contribution >= 4 is 17.5 Å². The number of alkyl halides is 2. The number of hydrogen-bond acceptors (Lipinski definition) is 9. The molecule has 0 N–H and O–H groups in total. The molecule has 1 aromatic carbocycles. The molecule has 204 valence electrons. The SMILES string of the molecule is CC1(C)C(=O)N(Cc2ccc(-c3nnc(C(F)F)o3)cn2)C(=O)c2ccc(N3CCN(C4COC4)CC3)cc21. The van der Waals surface area contributed by atoms with E-state index in [1.165, 1.54) is 11.1 Å². The lowest BCUT2D eigenvalue weighted by molar-refractivity contribution is -0.134. The third kappa shape index (κ3) is 4.57. The fourth-order valence-corrected chi connectivity index (χ4v) is 5.29. The number of carbonyl (C=O) groups is 2. The van der Waals surface area contributed by atoms with Gasteiger partial charge >= 0.3 is 6.43 Å². The predicted octanol–water partition coefficient (Wildman–Crippen LogP) is 3.05. The summed E-state index contributed by atoms with van der Waals surface area (Å²) in [4.78, 5) is 37.3. The quantitative estimate of drug-likeness (QED) is 0.438. The largest absolute Gasteiger partial charge is 0.415 e. The summed E-state index contributed by atoms with van der Waals surface area (Å²) in [5, 5.41) is 6.93. The average molecular weight is 539 g/mol. The summed E-state index contributed by atoms with van der Waals surface area (Å²) in [6.45, 7) is 8.88. The zero-order valence-corrected chi connectivity index (χ0v) is 21.6. The molecule has 2 amide bonds. The highest BCUT2D eigenvalue weighted by molar-refractivity contribution is 6.13. The molecule has 10 nitrogen and oxygen atoms in total. The summed E-state index contributed by atoms with van der Waals surface area (Å²) in [5.74, 6) is -1.54. The van der Waals surface area contributed by atoms with Gasteiger partial charge in [-0.2, -0.15) is 8.78 Å². The van der Waals surface area contributed by atoms with Crippen molar-refractivity contribution in [3.63, 3.8) is 0 Å². The van der Waals surface area contributed by atoms with Crippen LogP contribution >= 0.6 is 0 Å². The van der Waals surface area contributed by atoms with Crippen LogP contribution in [-0.4, -0.2) is 82.2 Å². The van der Waals surface area contributed by atoms with E-state index in [1.807, 2.05) is 32.0 Å². The third-order valence-corrected chi connectivity index (χ3v) is 7.77. The number of hydrogen-bond donors (Lipinski definition) is 0. The van der Waals surface area contributed by atoms with Gasteiger partial charge in [0.1, 0.15) is 0 Å². The third-order valence-electron chi connectivity index (χ3n) is 7.77. The summed E-state index contributed by atoms with van der Waals surface area (Å²) in [6, 6.07) is 9.44. The summed E-state index contributed by atoms with van der Waals surface area (Å²) < 4.78 is 35.8. The van der Waals surface area contributed by atoms with Gasteiger partial charge in [0.2, 0.25) is 11.8 Å². The maximum atomic E-state index is 13.6. The minimum Gasteiger partial charge on any atom is -0.415 e. The highest BCUT2D eigenvalue weighted by atomic mass is 19.3. The van der Waals surface area contributed by atoms with E-state index >= 15 is 0 Å². The summed E-state index contributed by atoms with van der Waals surface area (Å²) in [6.07, 6.45) is -1.48. The Bertz CT molecular complexity index is 1400. The lowest BCUT2D eigenvalue weighted by Gasteiger charge is -2.43. The van der Waals surface area contributed by atoms with E-state index in [1.54, 1.807) is 12.1 Å². The van der Waals surface area contributed by atoms with Crippen LogP contribution in [0, 0.1) is 0 Å². The second-order valence-corrected chi connectivity index (χ2v) is 10.5. The molecule has 2 fully saturated rings. The molecular weight excluding hydrogens is 510 g/mol. The predicted molar refractivity (Wildman–Crippen MR) is 135 cm³/mol. The molecule has 0 saturated carbocycles. The first kappa shape index (κ1) is 25.5. The highest BCUT2D eigenvalue weighted by Crippen LogP contribution is 2.37. The number of benzene rings is 1. The fourth-order valence-electron chi connectivity index (χ4n) is 5.29. The molecule has 3 aromatic rings. The second kappa shape index (κ2) is 9.76. The molecule has 39 heavy (non-hydrogen) atoms. The van der Waals surface area contributed by atoms with Gasteiger partial charge in [-0.1, -0.05) is 0 Å². The Morgan fingerprint density at radius 3 is 2.44 bits per heavy atom. The van der Waals surface area contributed by atoms with Crippen molar-refractivity contribution in [1.29, 1.82) is 0 Å². The molecule has 0 aliphatic carbocycles. The maximum Gasteiger partial charge on any atom is 0.314 e. The molecule has 0 bridgehead atoms. The number of aromatic nitrogens is 3. The van der Waals surface area contributed by atoms with Gasteiger partial charge in [0.15, 0.2) is 0 Å². The number of imide groups is 1. The van der Waals surface area contributed by atoms with Crippen LogP contribution in [0.3, 0.4) is 0 Å². The van der Waals surface area contributed by atoms with Gasteiger partial charge in [0, 0.05) is 43.6 Å². The number of anilines is 1. The smallest absolute Gasteiger partial charge is 0.314 e. The number of fused-ring (bicyclic) bond motifs is 1. The zero-order chi connectivity index (χ0) is 27.3. The van der Waals surface area contributed by atoms with Gasteiger partial charge in [-0.3, -0.25) is 24.4 Å². The van der Waals surface area contributed by atoms with Gasteiger partial charge in [-0.25, -0.2) is 0 Å². The van der Waals surface area contributed by atoms with Crippen LogP contribution in [0.25, 0.3) is 11.5 Å². The molecule has 0 atom stereocenters. The first-order chi connectivity index (χ1) is 18.7. The molecule has 12 heteroatoms. The zero-order valence-electron chi connectivity index (χ0n) is 21.6. The first-order valence-electron chi connectivity index (χ1n) is 12.9. The molecule has 0 unspecified atom stereocenters. The number of carbonyl (C=O) groups excluding carboxylic acids is 2. The molecule has 2 saturated heterocycles. The van der Waals surface area contributed by atoms with Crippen molar-refractivity contribution < 1.29 is 27.5 Å². The Kier molecular flexibility index (Phi) is 6.38. The van der Waals surface area contributed by atoms with Gasteiger partial charge in [0.25, 0.3) is 11.8 Å². The van der Waals surface area contributed by atoms with E-state index < -0.39 is 17.7 Å². The number of halogens is 2. The molecule has 6 rings (SSSR count). The minimum absolute atomic E-state index is 0.0263. The number of pyridine rings is 1. The molecular formula is C27H28F2N6O4. The fraction of sp³-hybridized carbons (Fsp3) is 0.444. The Morgan fingerprint density at radius 1 is 1.05 bits per heavy atom. The van der Waals surface area contributed by atoms with E-state index in [0.717, 1.165) is 50.6 Å². The van der Waals surface area contributed by atoms with Crippen LogP contribution in [0.15, 0.2) is 40.9 Å². The minimum atomic E-state index is -2.87. The van der Waals surface area contributed by atoms with Crippen LogP contribution in [0.5, 0.6) is 0 Å². The second-order valence-electron chi connectivity index (χ2n) is 10.5. The molecule has 2 aromatic heterocycles. The van der Waals surface area contributed by atoms with Gasteiger partial charge < -0.3 is 14.1 Å². The standard InChI is InChI=1S/C27H28F2N6O4/c1-27(2)21-11-18(33-7-9-34(10-8-33)19-14-38-15-19)5-6-20(21)25(36)35(26(27)37)13-17-4-3-16(12-30-17)23-31-32-24(39-23)22(28)29/h3-6,11-12,19,22H,7-10,13-15H2,1-2H3. The van der Waals surface area contributed by atoms with Gasteiger partial charge in [0.05, 0.1) is 42.5 Å². The maximum absolute atomic E-state index is 13.6. The Hall–Kier alpha value is -3.77. The van der Waals surface area contributed by atoms with Crippen molar-refractivity contribution in [2.24, 2.45) is 0 Å². The van der Waals surface area contributed by atoms with E-state index in [9.17, 15) is 18.4 Å². The van der Waals surface area contributed by atoms with Crippen LogP contribution in [0.4, 0.5) is 14.5 Å². The van der Waals surface area contributed by atoms with E-state index in [-0.39, 0.29) is 24.2 Å². The van der Waals surface area contributed by atoms with E-state index in [4.69, 9.17) is 9.15 Å². The number of nitrogens with zero attached hydrogens (tertiary/aromatic N) is 6. The molecule has 5 heterocycles. The topological polar surface area (TPSA) is 105 Å². The first-order valence-corrected chi connectivity index (χ1v) is 12.9. The lowest BCUT2D eigenvalue weighted by atomic mass is 9.77. The lowest BCUT2D eigenvalue weighted by Crippen LogP contribution is -2.56. The Morgan fingerprint density at radius 2 is 1.82 bits per heavy atom.